The Labute approximate surface area is 254 Å². The maximum absolute atomic E-state index is 13.0. The van der Waals surface area contributed by atoms with Crippen LogP contribution in [0.5, 0.6) is 5.75 Å². The van der Waals surface area contributed by atoms with Gasteiger partial charge in [-0.15, -0.1) is 0 Å². The highest BCUT2D eigenvalue weighted by atomic mass is 35.5. The highest BCUT2D eigenvalue weighted by Crippen LogP contribution is 2.30. The van der Waals surface area contributed by atoms with Crippen molar-refractivity contribution >= 4 is 40.9 Å². The Bertz CT molecular complexity index is 1090. The fourth-order valence-electron chi connectivity index (χ4n) is 4.34. The average Bonchev–Trinajstić information content (AvgIpc) is 2.93. The molecule has 1 atom stereocenters. The molecule has 2 aromatic rings. The Balaban J connectivity index is 0.000000500. The molecule has 4 rings (SSSR count). The number of hydrogen-bond donors (Lipinski definition) is 3. The van der Waals surface area contributed by atoms with Crippen molar-refractivity contribution in [2.24, 2.45) is 5.92 Å². The van der Waals surface area contributed by atoms with Crippen LogP contribution in [0.2, 0.25) is 10.0 Å². The van der Waals surface area contributed by atoms with Gasteiger partial charge in [0.1, 0.15) is 12.4 Å². The van der Waals surface area contributed by atoms with E-state index in [9.17, 15) is 14.4 Å². The van der Waals surface area contributed by atoms with E-state index in [-0.39, 0.29) is 42.8 Å². The number of hydrogen-bond acceptors (Lipinski definition) is 5. The summed E-state index contributed by atoms with van der Waals surface area (Å²) in [5.74, 6) is 0.251. The van der Waals surface area contributed by atoms with Crippen molar-refractivity contribution in [2.75, 3.05) is 39.8 Å². The first kappa shape index (κ1) is 34.4. The molecule has 41 heavy (non-hydrogen) atoms. The molecule has 0 bridgehead atoms. The SMILES string of the molecule is CC.CN1CC(=O)NCC(=O)NCCCc2ccc(Cl)cc2OCCNC(C2CCC2)C1=O.Cc1ccc(Cl)cc1. The molecular formula is C31H44Cl2N4O4. The minimum Gasteiger partial charge on any atom is -0.492 e. The van der Waals surface area contributed by atoms with Crippen molar-refractivity contribution in [2.45, 2.75) is 58.9 Å². The fraction of sp³-hybridized carbons (Fsp3) is 0.516. The monoisotopic (exact) mass is 606 g/mol. The molecule has 1 unspecified atom stereocenters. The van der Waals surface area contributed by atoms with Gasteiger partial charge in [-0.1, -0.05) is 67.2 Å². The third kappa shape index (κ3) is 12.3. The smallest absolute Gasteiger partial charge is 0.240 e. The van der Waals surface area contributed by atoms with Gasteiger partial charge in [0, 0.05) is 30.2 Å². The lowest BCUT2D eigenvalue weighted by Crippen LogP contribution is -2.53. The number of carbonyl (C=O) groups excluding carboxylic acids is 3. The first-order chi connectivity index (χ1) is 19.7. The summed E-state index contributed by atoms with van der Waals surface area (Å²) >= 11 is 11.8. The number of nitrogens with one attached hydrogen (secondary N) is 3. The first-order valence-electron chi connectivity index (χ1n) is 14.4. The van der Waals surface area contributed by atoms with E-state index < -0.39 is 0 Å². The van der Waals surface area contributed by atoms with Gasteiger partial charge in [-0.2, -0.15) is 0 Å². The molecule has 1 aliphatic heterocycles. The van der Waals surface area contributed by atoms with Crippen molar-refractivity contribution in [3.05, 3.63) is 63.6 Å². The van der Waals surface area contributed by atoms with Crippen molar-refractivity contribution in [1.82, 2.24) is 20.9 Å². The number of nitrogens with zero attached hydrogens (tertiary/aromatic N) is 1. The number of amides is 3. The summed E-state index contributed by atoms with van der Waals surface area (Å²) in [6.07, 6.45) is 4.54. The number of rotatable bonds is 1. The quantitative estimate of drug-likeness (QED) is 0.433. The molecule has 3 N–H and O–H groups in total. The van der Waals surface area contributed by atoms with E-state index in [1.807, 2.05) is 57.2 Å². The molecule has 0 radical (unpaired) electrons. The summed E-state index contributed by atoms with van der Waals surface area (Å²) in [6, 6.07) is 12.9. The van der Waals surface area contributed by atoms with Gasteiger partial charge in [-0.25, -0.2) is 0 Å². The predicted octanol–water partition coefficient (Wildman–Crippen LogP) is 4.79. The topological polar surface area (TPSA) is 99.8 Å². The molecule has 2 aliphatic rings. The van der Waals surface area contributed by atoms with E-state index in [1.165, 1.54) is 10.5 Å². The molecule has 0 aromatic heterocycles. The van der Waals surface area contributed by atoms with Crippen LogP contribution in [0.3, 0.4) is 0 Å². The third-order valence-corrected chi connectivity index (χ3v) is 7.29. The standard InChI is InChI=1S/C22H31ClN4O4.C7H7Cl.C2H6/c1-27-14-20(29)26-13-19(28)24-9-3-6-15-7-8-17(23)12-18(15)31-11-10-25-21(22(27)30)16-4-2-5-16;1-6-2-4-7(8)5-3-6;1-2/h7-8,12,16,21,25H,2-6,9-11,13-14H2,1H3,(H,24,28)(H,26,29);2-5H,1H3;1-2H3. The van der Waals surface area contributed by atoms with Crippen LogP contribution >= 0.6 is 23.2 Å². The maximum atomic E-state index is 13.0. The number of carbonyl (C=O) groups is 3. The van der Waals surface area contributed by atoms with Crippen molar-refractivity contribution < 1.29 is 19.1 Å². The van der Waals surface area contributed by atoms with E-state index in [4.69, 9.17) is 27.9 Å². The number of benzene rings is 2. The third-order valence-electron chi connectivity index (χ3n) is 6.80. The van der Waals surface area contributed by atoms with Crippen LogP contribution in [0.1, 0.15) is 50.7 Å². The minimum absolute atomic E-state index is 0.0839. The van der Waals surface area contributed by atoms with Crippen molar-refractivity contribution in [3.63, 3.8) is 0 Å². The van der Waals surface area contributed by atoms with Crippen LogP contribution in [-0.2, 0) is 20.8 Å². The van der Waals surface area contributed by atoms with Crippen LogP contribution in [-0.4, -0.2) is 68.5 Å². The van der Waals surface area contributed by atoms with Crippen LogP contribution in [0.25, 0.3) is 0 Å². The van der Waals surface area contributed by atoms with Gasteiger partial charge >= 0.3 is 0 Å². The number of aryl methyl sites for hydroxylation is 2. The largest absolute Gasteiger partial charge is 0.492 e. The van der Waals surface area contributed by atoms with E-state index in [0.717, 1.165) is 48.4 Å². The van der Waals surface area contributed by atoms with Gasteiger partial charge in [0.15, 0.2) is 0 Å². The number of halogens is 2. The van der Waals surface area contributed by atoms with E-state index >= 15 is 0 Å². The second-order valence-corrected chi connectivity index (χ2v) is 10.8. The van der Waals surface area contributed by atoms with Crippen LogP contribution in [0, 0.1) is 12.8 Å². The molecule has 8 nitrogen and oxygen atoms in total. The summed E-state index contributed by atoms with van der Waals surface area (Å²) in [7, 11) is 1.61. The minimum atomic E-state index is -0.353. The number of ether oxygens (including phenoxy) is 1. The normalized spacial score (nSPS) is 19.2. The van der Waals surface area contributed by atoms with Crippen molar-refractivity contribution in [3.8, 4) is 5.75 Å². The van der Waals surface area contributed by atoms with Crippen LogP contribution < -0.4 is 20.7 Å². The molecule has 2 aromatic carbocycles. The highest BCUT2D eigenvalue weighted by Gasteiger charge is 2.34. The van der Waals surface area contributed by atoms with Crippen LogP contribution in [0.15, 0.2) is 42.5 Å². The molecular weight excluding hydrogens is 563 g/mol. The lowest BCUT2D eigenvalue weighted by Gasteiger charge is -2.35. The summed E-state index contributed by atoms with van der Waals surface area (Å²) in [5, 5.41) is 10.1. The second-order valence-electron chi connectivity index (χ2n) is 9.94. The van der Waals surface area contributed by atoms with E-state index in [0.29, 0.717) is 24.7 Å². The molecule has 10 heteroatoms. The van der Waals surface area contributed by atoms with E-state index in [1.54, 1.807) is 13.1 Å². The van der Waals surface area contributed by atoms with Crippen LogP contribution in [0.4, 0.5) is 0 Å². The Morgan fingerprint density at radius 1 is 0.878 bits per heavy atom. The zero-order valence-electron chi connectivity index (χ0n) is 24.6. The summed E-state index contributed by atoms with van der Waals surface area (Å²) in [5.41, 5.74) is 2.26. The second kappa shape index (κ2) is 18.6. The van der Waals surface area contributed by atoms with Gasteiger partial charge in [-0.3, -0.25) is 14.4 Å². The zero-order chi connectivity index (χ0) is 30.2. The molecule has 226 valence electrons. The molecule has 1 fully saturated rings. The zero-order valence-corrected chi connectivity index (χ0v) is 26.1. The van der Waals surface area contributed by atoms with Gasteiger partial charge in [0.2, 0.25) is 17.7 Å². The lowest BCUT2D eigenvalue weighted by molar-refractivity contribution is -0.138. The Kier molecular flexibility index (Phi) is 15.6. The molecule has 1 aliphatic carbocycles. The molecule has 1 heterocycles. The van der Waals surface area contributed by atoms with Gasteiger partial charge in [0.25, 0.3) is 0 Å². The highest BCUT2D eigenvalue weighted by molar-refractivity contribution is 6.30. The van der Waals surface area contributed by atoms with Gasteiger partial charge < -0.3 is 25.6 Å². The Morgan fingerprint density at radius 2 is 1.56 bits per heavy atom. The number of likely N-dealkylation sites (N-methyl/N-ethyl adjacent to an activating group) is 1. The predicted molar refractivity (Wildman–Crippen MR) is 166 cm³/mol. The fourth-order valence-corrected chi connectivity index (χ4v) is 4.63. The average molecular weight is 608 g/mol. The molecule has 1 saturated carbocycles. The van der Waals surface area contributed by atoms with Gasteiger partial charge in [-0.05, 0) is 68.4 Å². The lowest BCUT2D eigenvalue weighted by atomic mass is 9.79. The summed E-state index contributed by atoms with van der Waals surface area (Å²) in [6.45, 7) is 7.23. The Morgan fingerprint density at radius 3 is 2.20 bits per heavy atom. The molecule has 0 saturated heterocycles. The first-order valence-corrected chi connectivity index (χ1v) is 15.1. The Hall–Kier alpha value is -2.81. The molecule has 0 spiro atoms. The van der Waals surface area contributed by atoms with Gasteiger partial charge in [0.05, 0.1) is 19.1 Å². The summed E-state index contributed by atoms with van der Waals surface area (Å²) < 4.78 is 5.97. The van der Waals surface area contributed by atoms with E-state index in [2.05, 4.69) is 16.0 Å². The maximum Gasteiger partial charge on any atom is 0.240 e. The summed E-state index contributed by atoms with van der Waals surface area (Å²) in [4.78, 5) is 38.5. The number of fused-ring (bicyclic) bond motifs is 1. The molecule has 3 amide bonds. The van der Waals surface area contributed by atoms with Crippen molar-refractivity contribution in [1.29, 1.82) is 0 Å².